The monoisotopic (exact) mass is 448 g/mol. The van der Waals surface area contributed by atoms with Gasteiger partial charge in [-0.3, -0.25) is 19.3 Å². The first-order valence-electron chi connectivity index (χ1n) is 8.63. The van der Waals surface area contributed by atoms with Crippen molar-refractivity contribution in [3.05, 3.63) is 40.0 Å². The largest absolute Gasteiger partial charge is 0.324 e. The number of amides is 3. The van der Waals surface area contributed by atoms with Gasteiger partial charge in [0.15, 0.2) is 0 Å². The van der Waals surface area contributed by atoms with Crippen molar-refractivity contribution in [3.8, 4) is 0 Å². The van der Waals surface area contributed by atoms with Crippen LogP contribution in [0.5, 0.6) is 0 Å². The van der Waals surface area contributed by atoms with Gasteiger partial charge in [-0.15, -0.1) is 0 Å². The molecular formula is C19H17IN2O3. The maximum absolute atomic E-state index is 12.8. The summed E-state index contributed by atoms with van der Waals surface area (Å²) in [5.74, 6) is 0.429. The first kappa shape index (κ1) is 15.5. The van der Waals surface area contributed by atoms with Crippen molar-refractivity contribution in [3.63, 3.8) is 0 Å². The zero-order valence-corrected chi connectivity index (χ0v) is 15.5. The molecule has 128 valence electrons. The molecule has 6 rings (SSSR count). The minimum Gasteiger partial charge on any atom is -0.324 e. The SMILES string of the molecule is O=C(CN1C(=O)[C@@H]2[C@H]3C=C[C@@H]([C@@H]4C[C@H]34)[C@H]2C1=O)Nc1cccc(I)c1. The third-order valence-corrected chi connectivity index (χ3v) is 6.84. The lowest BCUT2D eigenvalue weighted by atomic mass is 9.63. The quantitative estimate of drug-likeness (QED) is 0.439. The van der Waals surface area contributed by atoms with Crippen LogP contribution in [0.15, 0.2) is 36.4 Å². The number of anilines is 1. The highest BCUT2D eigenvalue weighted by Crippen LogP contribution is 2.65. The smallest absolute Gasteiger partial charge is 0.244 e. The fourth-order valence-electron chi connectivity index (χ4n) is 5.08. The number of likely N-dealkylation sites (tertiary alicyclic amines) is 1. The van der Waals surface area contributed by atoms with E-state index in [1.54, 1.807) is 6.07 Å². The molecule has 3 amide bonds. The molecule has 2 bridgehead atoms. The summed E-state index contributed by atoms with van der Waals surface area (Å²) in [4.78, 5) is 39.2. The Morgan fingerprint density at radius 1 is 1.12 bits per heavy atom. The van der Waals surface area contributed by atoms with Crippen LogP contribution in [0.2, 0.25) is 0 Å². The number of nitrogens with one attached hydrogen (secondary N) is 1. The predicted molar refractivity (Wildman–Crippen MR) is 99.2 cm³/mol. The second-order valence-electron chi connectivity index (χ2n) is 7.48. The van der Waals surface area contributed by atoms with Gasteiger partial charge in [0, 0.05) is 9.26 Å². The summed E-state index contributed by atoms with van der Waals surface area (Å²) < 4.78 is 1.01. The van der Waals surface area contributed by atoms with Crippen molar-refractivity contribution in [1.82, 2.24) is 4.90 Å². The molecular weight excluding hydrogens is 431 g/mol. The zero-order valence-electron chi connectivity index (χ0n) is 13.4. The molecule has 3 fully saturated rings. The summed E-state index contributed by atoms with van der Waals surface area (Å²) in [6.45, 7) is -0.190. The molecule has 1 saturated heterocycles. The Labute approximate surface area is 159 Å². The van der Waals surface area contributed by atoms with Gasteiger partial charge in [-0.25, -0.2) is 0 Å². The standard InChI is InChI=1S/C19H17IN2O3/c20-9-2-1-3-10(6-9)21-15(23)8-22-18(24)16-11-4-5-12(14-7-13(11)14)17(16)19(22)25/h1-6,11-14,16-17H,7-8H2,(H,21,23)/t11-,12-,13-,14+,16+,17+/m0/s1. The van der Waals surface area contributed by atoms with Crippen molar-refractivity contribution in [1.29, 1.82) is 0 Å². The molecule has 4 aliphatic carbocycles. The summed E-state index contributed by atoms with van der Waals surface area (Å²) in [6, 6.07) is 7.44. The number of halogens is 1. The van der Waals surface area contributed by atoms with Crippen LogP contribution in [0, 0.1) is 39.1 Å². The highest BCUT2D eigenvalue weighted by atomic mass is 127. The normalized spacial score (nSPS) is 37.1. The molecule has 6 heteroatoms. The van der Waals surface area contributed by atoms with Crippen LogP contribution >= 0.6 is 22.6 Å². The average molecular weight is 448 g/mol. The second kappa shape index (κ2) is 5.40. The van der Waals surface area contributed by atoms with E-state index >= 15 is 0 Å². The van der Waals surface area contributed by atoms with Gasteiger partial charge in [-0.05, 0) is 70.9 Å². The number of allylic oxidation sites excluding steroid dienone is 2. The van der Waals surface area contributed by atoms with Crippen molar-refractivity contribution < 1.29 is 14.4 Å². The number of rotatable bonds is 3. The Hall–Kier alpha value is -1.70. The van der Waals surface area contributed by atoms with Crippen LogP contribution in [-0.2, 0) is 14.4 Å². The highest BCUT2D eigenvalue weighted by molar-refractivity contribution is 14.1. The maximum Gasteiger partial charge on any atom is 0.244 e. The lowest BCUT2D eigenvalue weighted by Gasteiger charge is -2.37. The lowest BCUT2D eigenvalue weighted by molar-refractivity contribution is -0.142. The number of hydrogen-bond acceptors (Lipinski definition) is 3. The minimum absolute atomic E-state index is 0.155. The van der Waals surface area contributed by atoms with Crippen LogP contribution in [-0.4, -0.2) is 29.2 Å². The van der Waals surface area contributed by atoms with Gasteiger partial charge >= 0.3 is 0 Å². The number of hydrogen-bond donors (Lipinski definition) is 1. The lowest BCUT2D eigenvalue weighted by Crippen LogP contribution is -2.40. The summed E-state index contributed by atoms with van der Waals surface area (Å²) in [6.07, 6.45) is 5.42. The van der Waals surface area contributed by atoms with E-state index in [0.717, 1.165) is 9.99 Å². The Morgan fingerprint density at radius 2 is 1.76 bits per heavy atom. The minimum atomic E-state index is -0.326. The zero-order chi connectivity index (χ0) is 17.3. The number of imide groups is 1. The number of nitrogens with zero attached hydrogens (tertiary/aromatic N) is 1. The highest BCUT2D eigenvalue weighted by Gasteiger charge is 2.67. The Morgan fingerprint density at radius 3 is 2.36 bits per heavy atom. The third-order valence-electron chi connectivity index (χ3n) is 6.16. The van der Waals surface area contributed by atoms with Crippen LogP contribution in [0.4, 0.5) is 5.69 Å². The van der Waals surface area contributed by atoms with Crippen LogP contribution in [0.3, 0.4) is 0 Å². The fourth-order valence-corrected chi connectivity index (χ4v) is 5.63. The molecule has 1 N–H and O–H groups in total. The van der Waals surface area contributed by atoms with Gasteiger partial charge in [0.2, 0.25) is 17.7 Å². The molecule has 1 aromatic rings. The van der Waals surface area contributed by atoms with Gasteiger partial charge in [0.1, 0.15) is 6.54 Å². The van der Waals surface area contributed by atoms with E-state index in [2.05, 4.69) is 40.1 Å². The van der Waals surface area contributed by atoms with Crippen molar-refractivity contribution in [2.24, 2.45) is 35.5 Å². The third kappa shape index (κ3) is 2.29. The molecule has 0 unspecified atom stereocenters. The Balaban J connectivity index is 1.33. The predicted octanol–water partition coefficient (Wildman–Crippen LogP) is 2.28. The summed E-state index contributed by atoms with van der Waals surface area (Å²) in [5.41, 5.74) is 0.677. The van der Waals surface area contributed by atoms with E-state index in [1.807, 2.05) is 18.2 Å². The van der Waals surface area contributed by atoms with E-state index in [1.165, 1.54) is 4.90 Å². The Bertz CT molecular complexity index is 800. The first-order valence-corrected chi connectivity index (χ1v) is 9.71. The molecule has 1 aromatic carbocycles. The van der Waals surface area contributed by atoms with Crippen molar-refractivity contribution >= 4 is 46.0 Å². The maximum atomic E-state index is 12.8. The summed E-state index contributed by atoms with van der Waals surface area (Å²) in [5, 5.41) is 2.78. The molecule has 5 nitrogen and oxygen atoms in total. The van der Waals surface area contributed by atoms with Gasteiger partial charge < -0.3 is 5.32 Å². The van der Waals surface area contributed by atoms with Crippen LogP contribution in [0.1, 0.15) is 6.42 Å². The summed E-state index contributed by atoms with van der Waals surface area (Å²) >= 11 is 2.17. The van der Waals surface area contributed by atoms with Gasteiger partial charge in [0.05, 0.1) is 11.8 Å². The van der Waals surface area contributed by atoms with E-state index in [0.29, 0.717) is 17.5 Å². The first-order chi connectivity index (χ1) is 12.0. The number of carbonyl (C=O) groups excluding carboxylic acids is 3. The van der Waals surface area contributed by atoms with Gasteiger partial charge in [-0.1, -0.05) is 18.2 Å². The van der Waals surface area contributed by atoms with E-state index in [9.17, 15) is 14.4 Å². The summed E-state index contributed by atoms with van der Waals surface area (Å²) in [7, 11) is 0. The van der Waals surface area contributed by atoms with E-state index in [-0.39, 0.29) is 47.9 Å². The molecule has 5 aliphatic rings. The molecule has 1 aliphatic heterocycles. The number of benzene rings is 1. The van der Waals surface area contributed by atoms with Crippen molar-refractivity contribution in [2.75, 3.05) is 11.9 Å². The molecule has 1 heterocycles. The molecule has 2 saturated carbocycles. The molecule has 0 aromatic heterocycles. The molecule has 0 spiro atoms. The van der Waals surface area contributed by atoms with Crippen LogP contribution < -0.4 is 5.32 Å². The van der Waals surface area contributed by atoms with E-state index < -0.39 is 0 Å². The second-order valence-corrected chi connectivity index (χ2v) is 8.72. The van der Waals surface area contributed by atoms with Crippen molar-refractivity contribution in [2.45, 2.75) is 6.42 Å². The van der Waals surface area contributed by atoms with Gasteiger partial charge in [0.25, 0.3) is 0 Å². The molecule has 0 radical (unpaired) electrons. The topological polar surface area (TPSA) is 66.5 Å². The van der Waals surface area contributed by atoms with Crippen LogP contribution in [0.25, 0.3) is 0 Å². The fraction of sp³-hybridized carbons (Fsp3) is 0.421. The van der Waals surface area contributed by atoms with Gasteiger partial charge in [-0.2, -0.15) is 0 Å². The number of carbonyl (C=O) groups is 3. The van der Waals surface area contributed by atoms with E-state index in [4.69, 9.17) is 0 Å². The average Bonchev–Trinajstić information content (AvgIpc) is 3.36. The molecule has 25 heavy (non-hydrogen) atoms. The Kier molecular flexibility index (Phi) is 3.36. The molecule has 6 atom stereocenters.